The molecule has 0 aromatic rings. The third-order valence-electron chi connectivity index (χ3n) is 2.58. The van der Waals surface area contributed by atoms with Gasteiger partial charge < -0.3 is 9.47 Å². The summed E-state index contributed by atoms with van der Waals surface area (Å²) in [7, 11) is 0. The minimum absolute atomic E-state index is 0.163. The molecule has 0 amide bonds. The van der Waals surface area contributed by atoms with Gasteiger partial charge >= 0.3 is 11.9 Å². The van der Waals surface area contributed by atoms with Crippen LogP contribution in [0.2, 0.25) is 0 Å². The molecule has 3 heterocycles. The van der Waals surface area contributed by atoms with Crippen LogP contribution in [0.1, 0.15) is 12.8 Å². The predicted octanol–water partition coefficient (Wildman–Crippen LogP) is -0.0724. The molecular formula is C8H6O4. The van der Waals surface area contributed by atoms with Crippen LogP contribution in [0.4, 0.5) is 0 Å². The molecule has 3 aliphatic heterocycles. The first-order valence-corrected chi connectivity index (χ1v) is 3.93. The van der Waals surface area contributed by atoms with Crippen LogP contribution in [0, 0.1) is 0 Å². The molecule has 0 N–H and O–H groups in total. The van der Waals surface area contributed by atoms with Crippen LogP contribution >= 0.6 is 0 Å². The van der Waals surface area contributed by atoms with E-state index in [-0.39, 0.29) is 12.2 Å². The summed E-state index contributed by atoms with van der Waals surface area (Å²) in [6.45, 7) is 0. The highest BCUT2D eigenvalue weighted by atomic mass is 16.6. The Bertz CT molecular complexity index is 298. The molecule has 0 aromatic carbocycles. The highest BCUT2D eigenvalue weighted by molar-refractivity contribution is 6.14. The van der Waals surface area contributed by atoms with E-state index in [1.807, 2.05) is 0 Å². The molecule has 0 aliphatic carbocycles. The average molecular weight is 166 g/mol. The lowest BCUT2D eigenvalue weighted by molar-refractivity contribution is -0.152. The van der Waals surface area contributed by atoms with Crippen molar-refractivity contribution in [3.63, 3.8) is 0 Å². The average Bonchev–Trinajstić information content (AvgIpc) is 2.64. The Morgan fingerprint density at radius 1 is 1.00 bits per heavy atom. The van der Waals surface area contributed by atoms with Crippen LogP contribution < -0.4 is 0 Å². The van der Waals surface area contributed by atoms with E-state index in [0.717, 1.165) is 12.8 Å². The Kier molecular flexibility index (Phi) is 0.939. The fourth-order valence-corrected chi connectivity index (χ4v) is 2.09. The van der Waals surface area contributed by atoms with Crippen molar-refractivity contribution in [3.8, 4) is 0 Å². The molecule has 4 nitrogen and oxygen atoms in total. The monoisotopic (exact) mass is 166 g/mol. The van der Waals surface area contributed by atoms with Gasteiger partial charge in [-0.05, 0) is 12.8 Å². The number of ether oxygens (including phenoxy) is 2. The molecule has 2 bridgehead atoms. The second-order valence-electron chi connectivity index (χ2n) is 3.20. The van der Waals surface area contributed by atoms with Crippen molar-refractivity contribution in [3.05, 3.63) is 11.1 Å². The maximum absolute atomic E-state index is 11.1. The Morgan fingerprint density at radius 2 is 1.50 bits per heavy atom. The van der Waals surface area contributed by atoms with Crippen LogP contribution in [-0.4, -0.2) is 24.1 Å². The first kappa shape index (κ1) is 6.37. The van der Waals surface area contributed by atoms with Crippen LogP contribution in [0.25, 0.3) is 0 Å². The lowest BCUT2D eigenvalue weighted by atomic mass is 9.93. The Balaban J connectivity index is 2.18. The van der Waals surface area contributed by atoms with Crippen LogP contribution in [0.3, 0.4) is 0 Å². The number of hydrogen-bond acceptors (Lipinski definition) is 4. The zero-order chi connectivity index (χ0) is 8.29. The summed E-state index contributed by atoms with van der Waals surface area (Å²) >= 11 is 0. The summed E-state index contributed by atoms with van der Waals surface area (Å²) in [6, 6.07) is 0. The molecular weight excluding hydrogens is 160 g/mol. The molecule has 0 aromatic heterocycles. The number of hydrogen-bond donors (Lipinski definition) is 0. The maximum atomic E-state index is 11.1. The largest absolute Gasteiger partial charge is 0.386 e. The highest BCUT2D eigenvalue weighted by Gasteiger charge is 2.51. The predicted molar refractivity (Wildman–Crippen MR) is 36.0 cm³/mol. The van der Waals surface area contributed by atoms with Gasteiger partial charge in [0.1, 0.15) is 0 Å². The maximum Gasteiger partial charge on any atom is 0.345 e. The lowest BCUT2D eigenvalue weighted by Gasteiger charge is -2.03. The zero-order valence-corrected chi connectivity index (χ0v) is 6.20. The summed E-state index contributed by atoms with van der Waals surface area (Å²) in [5.74, 6) is -0.996. The number of carbonyl (C=O) groups excluding carboxylic acids is 2. The molecule has 1 fully saturated rings. The lowest BCUT2D eigenvalue weighted by Crippen LogP contribution is -2.15. The van der Waals surface area contributed by atoms with Crippen LogP contribution in [-0.2, 0) is 19.1 Å². The normalized spacial score (nSPS) is 37.7. The Labute approximate surface area is 68.1 Å². The number of esters is 2. The Hall–Kier alpha value is -1.16. The van der Waals surface area contributed by atoms with Crippen molar-refractivity contribution in [2.75, 3.05) is 0 Å². The summed E-state index contributed by atoms with van der Waals surface area (Å²) < 4.78 is 9.86. The SMILES string of the molecule is O=C1OC(=O)C2=C1[C@@H]1CC[C@H]2O1. The summed E-state index contributed by atoms with van der Waals surface area (Å²) in [6.07, 6.45) is 1.35. The molecule has 4 heteroatoms. The van der Waals surface area contributed by atoms with Gasteiger partial charge in [0.2, 0.25) is 0 Å². The minimum atomic E-state index is -0.498. The third kappa shape index (κ3) is 0.536. The molecule has 12 heavy (non-hydrogen) atoms. The fraction of sp³-hybridized carbons (Fsp3) is 0.500. The molecule has 3 aliphatic rings. The van der Waals surface area contributed by atoms with Gasteiger partial charge in [0.05, 0.1) is 23.4 Å². The van der Waals surface area contributed by atoms with Crippen LogP contribution in [0.15, 0.2) is 11.1 Å². The van der Waals surface area contributed by atoms with E-state index in [4.69, 9.17) is 4.74 Å². The molecule has 3 rings (SSSR count). The van der Waals surface area contributed by atoms with E-state index in [1.54, 1.807) is 0 Å². The summed E-state index contributed by atoms with van der Waals surface area (Å²) in [4.78, 5) is 22.2. The topological polar surface area (TPSA) is 52.6 Å². The zero-order valence-electron chi connectivity index (χ0n) is 6.20. The van der Waals surface area contributed by atoms with Crippen LogP contribution in [0.5, 0.6) is 0 Å². The fourth-order valence-electron chi connectivity index (χ4n) is 2.09. The molecule has 0 radical (unpaired) electrons. The number of carbonyl (C=O) groups is 2. The minimum Gasteiger partial charge on any atom is -0.386 e. The van der Waals surface area contributed by atoms with Gasteiger partial charge in [0, 0.05) is 0 Å². The standard InChI is InChI=1S/C8H6O4/c9-7-5-3-1-2-4(11-3)6(5)8(10)12-7/h3-4H,1-2H2/t3-,4+. The van der Waals surface area contributed by atoms with E-state index in [2.05, 4.69) is 4.74 Å². The van der Waals surface area contributed by atoms with Crippen molar-refractivity contribution in [2.45, 2.75) is 25.0 Å². The van der Waals surface area contributed by atoms with E-state index < -0.39 is 11.9 Å². The number of cyclic esters (lactones) is 2. The smallest absolute Gasteiger partial charge is 0.345 e. The van der Waals surface area contributed by atoms with Gasteiger partial charge in [-0.25, -0.2) is 9.59 Å². The molecule has 2 atom stereocenters. The molecule has 1 saturated heterocycles. The van der Waals surface area contributed by atoms with Crippen molar-refractivity contribution in [1.29, 1.82) is 0 Å². The number of rotatable bonds is 0. The quantitative estimate of drug-likeness (QED) is 0.373. The van der Waals surface area contributed by atoms with E-state index in [1.165, 1.54) is 0 Å². The molecule has 0 spiro atoms. The molecule has 0 unspecified atom stereocenters. The molecule has 0 saturated carbocycles. The van der Waals surface area contributed by atoms with E-state index >= 15 is 0 Å². The Morgan fingerprint density at radius 3 is 2.00 bits per heavy atom. The number of fused-ring (bicyclic) bond motifs is 4. The van der Waals surface area contributed by atoms with Gasteiger partial charge in [0.15, 0.2) is 0 Å². The van der Waals surface area contributed by atoms with Gasteiger partial charge in [-0.1, -0.05) is 0 Å². The second kappa shape index (κ2) is 1.77. The van der Waals surface area contributed by atoms with Gasteiger partial charge in [-0.3, -0.25) is 0 Å². The van der Waals surface area contributed by atoms with E-state index in [9.17, 15) is 9.59 Å². The van der Waals surface area contributed by atoms with Gasteiger partial charge in [-0.2, -0.15) is 0 Å². The first-order chi connectivity index (χ1) is 5.77. The molecule has 62 valence electrons. The third-order valence-corrected chi connectivity index (χ3v) is 2.58. The van der Waals surface area contributed by atoms with E-state index in [0.29, 0.717) is 11.1 Å². The van der Waals surface area contributed by atoms with Crippen molar-refractivity contribution in [2.24, 2.45) is 0 Å². The summed E-state index contributed by atoms with van der Waals surface area (Å²) in [5.41, 5.74) is 0.965. The summed E-state index contributed by atoms with van der Waals surface area (Å²) in [5, 5.41) is 0. The van der Waals surface area contributed by atoms with Crippen molar-refractivity contribution in [1.82, 2.24) is 0 Å². The van der Waals surface area contributed by atoms with Gasteiger partial charge in [-0.15, -0.1) is 0 Å². The van der Waals surface area contributed by atoms with Crippen molar-refractivity contribution < 1.29 is 19.1 Å². The van der Waals surface area contributed by atoms with Crippen molar-refractivity contribution >= 4 is 11.9 Å². The first-order valence-electron chi connectivity index (χ1n) is 3.93. The van der Waals surface area contributed by atoms with Gasteiger partial charge in [0.25, 0.3) is 0 Å². The highest BCUT2D eigenvalue weighted by Crippen LogP contribution is 2.42. The second-order valence-corrected chi connectivity index (χ2v) is 3.20.